The average molecular weight is 419 g/mol. The molecule has 5 nitrogen and oxygen atoms in total. The zero-order valence-electron chi connectivity index (χ0n) is 14.8. The number of benzene rings is 2. The Bertz CT molecular complexity index is 732. The van der Waals surface area contributed by atoms with Gasteiger partial charge in [-0.1, -0.05) is 53.5 Å². The monoisotopic (exact) mass is 418 g/mol. The Morgan fingerprint density at radius 3 is 2.54 bits per heavy atom. The van der Waals surface area contributed by atoms with Gasteiger partial charge in [-0.05, 0) is 42.7 Å². The largest absolute Gasteiger partial charge is 0.462 e. The molecule has 0 atom stereocenters. The Labute approximate surface area is 162 Å². The Balaban J connectivity index is 1.86. The van der Waals surface area contributed by atoms with E-state index in [0.29, 0.717) is 24.4 Å². The molecule has 26 heavy (non-hydrogen) atoms. The van der Waals surface area contributed by atoms with E-state index in [4.69, 9.17) is 4.74 Å². The van der Waals surface area contributed by atoms with Crippen LogP contribution >= 0.6 is 15.9 Å². The lowest BCUT2D eigenvalue weighted by atomic mass is 10.1. The number of rotatable bonds is 8. The second kappa shape index (κ2) is 10.6. The van der Waals surface area contributed by atoms with Gasteiger partial charge >= 0.3 is 12.0 Å². The topological polar surface area (TPSA) is 67.4 Å². The van der Waals surface area contributed by atoms with Crippen LogP contribution in [-0.2, 0) is 11.2 Å². The quantitative estimate of drug-likeness (QED) is 0.479. The van der Waals surface area contributed by atoms with Crippen LogP contribution in [0.1, 0.15) is 35.7 Å². The van der Waals surface area contributed by atoms with Gasteiger partial charge in [-0.3, -0.25) is 0 Å². The van der Waals surface area contributed by atoms with E-state index in [1.54, 1.807) is 24.3 Å². The minimum absolute atomic E-state index is 0.351. The van der Waals surface area contributed by atoms with Gasteiger partial charge in [0.25, 0.3) is 0 Å². The summed E-state index contributed by atoms with van der Waals surface area (Å²) in [5.74, 6) is -0.427. The highest BCUT2D eigenvalue weighted by Crippen LogP contribution is 2.16. The van der Waals surface area contributed by atoms with Crippen LogP contribution in [0.2, 0.25) is 0 Å². The van der Waals surface area contributed by atoms with Crippen LogP contribution in [0.3, 0.4) is 0 Å². The molecule has 2 N–H and O–H groups in total. The predicted octanol–water partition coefficient (Wildman–Crippen LogP) is 4.77. The third-order valence-electron chi connectivity index (χ3n) is 3.74. The SMILES string of the molecule is CCCCOC(=O)c1ccccc1NC(=O)NCCc1ccc(Br)cc1. The summed E-state index contributed by atoms with van der Waals surface area (Å²) in [7, 11) is 0. The minimum atomic E-state index is -0.427. The summed E-state index contributed by atoms with van der Waals surface area (Å²) in [4.78, 5) is 24.3. The first-order valence-electron chi connectivity index (χ1n) is 8.65. The molecule has 2 rings (SSSR count). The van der Waals surface area contributed by atoms with Crippen molar-refractivity contribution < 1.29 is 14.3 Å². The van der Waals surface area contributed by atoms with Crippen molar-refractivity contribution in [1.29, 1.82) is 0 Å². The summed E-state index contributed by atoms with van der Waals surface area (Å²) in [6.07, 6.45) is 2.49. The Morgan fingerprint density at radius 1 is 1.08 bits per heavy atom. The lowest BCUT2D eigenvalue weighted by molar-refractivity contribution is 0.0501. The Morgan fingerprint density at radius 2 is 1.81 bits per heavy atom. The van der Waals surface area contributed by atoms with E-state index in [0.717, 1.165) is 29.3 Å². The zero-order chi connectivity index (χ0) is 18.8. The van der Waals surface area contributed by atoms with Crippen molar-refractivity contribution in [2.45, 2.75) is 26.2 Å². The molecule has 0 saturated heterocycles. The van der Waals surface area contributed by atoms with Crippen LogP contribution in [-0.4, -0.2) is 25.2 Å². The minimum Gasteiger partial charge on any atom is -0.462 e. The lowest BCUT2D eigenvalue weighted by Crippen LogP contribution is -2.31. The third-order valence-corrected chi connectivity index (χ3v) is 4.27. The van der Waals surface area contributed by atoms with Crippen LogP contribution in [0.5, 0.6) is 0 Å². The van der Waals surface area contributed by atoms with Gasteiger partial charge in [0.2, 0.25) is 0 Å². The number of hydrogen-bond acceptors (Lipinski definition) is 3. The van der Waals surface area contributed by atoms with E-state index in [-0.39, 0.29) is 6.03 Å². The lowest BCUT2D eigenvalue weighted by Gasteiger charge is -2.12. The number of carbonyl (C=O) groups is 2. The van der Waals surface area contributed by atoms with Crippen molar-refractivity contribution in [2.75, 3.05) is 18.5 Å². The van der Waals surface area contributed by atoms with E-state index in [9.17, 15) is 9.59 Å². The molecule has 0 aromatic heterocycles. The number of unbranched alkanes of at least 4 members (excludes halogenated alkanes) is 1. The maximum absolute atomic E-state index is 12.2. The molecule has 0 radical (unpaired) electrons. The smallest absolute Gasteiger partial charge is 0.340 e. The first kappa shape index (κ1) is 20.0. The number of halogens is 1. The number of hydrogen-bond donors (Lipinski definition) is 2. The molecule has 0 bridgehead atoms. The molecule has 0 heterocycles. The molecule has 0 fully saturated rings. The summed E-state index contributed by atoms with van der Waals surface area (Å²) < 4.78 is 6.25. The molecule has 0 aliphatic carbocycles. The van der Waals surface area contributed by atoms with Crippen LogP contribution < -0.4 is 10.6 Å². The molecule has 6 heteroatoms. The highest BCUT2D eigenvalue weighted by molar-refractivity contribution is 9.10. The predicted molar refractivity (Wildman–Crippen MR) is 106 cm³/mol. The highest BCUT2D eigenvalue weighted by atomic mass is 79.9. The summed E-state index contributed by atoms with van der Waals surface area (Å²) in [5, 5.41) is 5.52. The zero-order valence-corrected chi connectivity index (χ0v) is 16.3. The van der Waals surface area contributed by atoms with Crippen molar-refractivity contribution in [3.8, 4) is 0 Å². The van der Waals surface area contributed by atoms with Crippen LogP contribution in [0.4, 0.5) is 10.5 Å². The molecule has 0 unspecified atom stereocenters. The number of nitrogens with one attached hydrogen (secondary N) is 2. The fourth-order valence-corrected chi connectivity index (χ4v) is 2.56. The fraction of sp³-hybridized carbons (Fsp3) is 0.300. The van der Waals surface area contributed by atoms with Crippen LogP contribution in [0.15, 0.2) is 53.0 Å². The molecular weight excluding hydrogens is 396 g/mol. The van der Waals surface area contributed by atoms with Gasteiger partial charge in [0.05, 0.1) is 17.9 Å². The van der Waals surface area contributed by atoms with Crippen molar-refractivity contribution in [3.63, 3.8) is 0 Å². The molecule has 2 amide bonds. The molecule has 138 valence electrons. The second-order valence-corrected chi connectivity index (χ2v) is 6.71. The van der Waals surface area contributed by atoms with E-state index in [2.05, 4.69) is 26.6 Å². The highest BCUT2D eigenvalue weighted by Gasteiger charge is 2.14. The number of carbonyl (C=O) groups excluding carboxylic acids is 2. The normalized spacial score (nSPS) is 10.2. The number of ether oxygens (including phenoxy) is 1. The first-order valence-corrected chi connectivity index (χ1v) is 9.45. The molecule has 2 aromatic carbocycles. The standard InChI is InChI=1S/C20H23BrN2O3/c1-2-3-14-26-19(24)17-6-4-5-7-18(17)23-20(25)22-13-12-15-8-10-16(21)11-9-15/h4-11H,2-3,12-14H2,1H3,(H2,22,23,25). The number of esters is 1. The van der Waals surface area contributed by atoms with Crippen molar-refractivity contribution in [1.82, 2.24) is 5.32 Å². The molecular formula is C20H23BrN2O3. The van der Waals surface area contributed by atoms with Gasteiger partial charge in [-0.25, -0.2) is 9.59 Å². The van der Waals surface area contributed by atoms with Gasteiger partial charge in [-0.2, -0.15) is 0 Å². The van der Waals surface area contributed by atoms with E-state index in [1.807, 2.05) is 31.2 Å². The third kappa shape index (κ3) is 6.52. The molecule has 0 aliphatic heterocycles. The van der Waals surface area contributed by atoms with Gasteiger partial charge in [0, 0.05) is 11.0 Å². The average Bonchev–Trinajstić information content (AvgIpc) is 2.64. The van der Waals surface area contributed by atoms with E-state index < -0.39 is 5.97 Å². The summed E-state index contributed by atoms with van der Waals surface area (Å²) in [6.45, 7) is 2.90. The van der Waals surface area contributed by atoms with Gasteiger partial charge in [0.1, 0.15) is 0 Å². The molecule has 2 aromatic rings. The Kier molecular flexibility index (Phi) is 8.15. The van der Waals surface area contributed by atoms with Gasteiger partial charge in [-0.15, -0.1) is 0 Å². The van der Waals surface area contributed by atoms with Gasteiger partial charge < -0.3 is 15.4 Å². The number of urea groups is 1. The van der Waals surface area contributed by atoms with E-state index >= 15 is 0 Å². The summed E-state index contributed by atoms with van der Waals surface area (Å²) in [5.41, 5.74) is 1.93. The molecule has 0 aliphatic rings. The first-order chi connectivity index (χ1) is 12.6. The second-order valence-electron chi connectivity index (χ2n) is 5.79. The number of amides is 2. The molecule has 0 spiro atoms. The van der Waals surface area contributed by atoms with E-state index in [1.165, 1.54) is 0 Å². The maximum atomic E-state index is 12.2. The Hall–Kier alpha value is -2.34. The summed E-state index contributed by atoms with van der Waals surface area (Å²) in [6, 6.07) is 14.4. The van der Waals surface area contributed by atoms with Crippen molar-refractivity contribution in [3.05, 3.63) is 64.1 Å². The number of para-hydroxylation sites is 1. The maximum Gasteiger partial charge on any atom is 0.340 e. The van der Waals surface area contributed by atoms with Gasteiger partial charge in [0.15, 0.2) is 0 Å². The van der Waals surface area contributed by atoms with Crippen LogP contribution in [0.25, 0.3) is 0 Å². The van der Waals surface area contributed by atoms with Crippen molar-refractivity contribution >= 4 is 33.6 Å². The van der Waals surface area contributed by atoms with Crippen molar-refractivity contribution in [2.24, 2.45) is 0 Å². The molecule has 0 saturated carbocycles. The fourth-order valence-electron chi connectivity index (χ4n) is 2.30. The number of anilines is 1. The summed E-state index contributed by atoms with van der Waals surface area (Å²) >= 11 is 3.39. The van der Waals surface area contributed by atoms with Crippen LogP contribution in [0, 0.1) is 0 Å².